The molecule has 2 heterocycles. The van der Waals surface area contributed by atoms with Crippen LogP contribution in [0.5, 0.6) is 0 Å². The molecule has 104 valence electrons. The van der Waals surface area contributed by atoms with Crippen LogP contribution < -0.4 is 5.32 Å². The van der Waals surface area contributed by atoms with Crippen LogP contribution in [0.15, 0.2) is 0 Å². The molecule has 1 unspecified atom stereocenters. The summed E-state index contributed by atoms with van der Waals surface area (Å²) in [6.45, 7) is 0. The fourth-order valence-corrected chi connectivity index (χ4v) is 4.47. The molecule has 3 fully saturated rings. The Kier molecular flexibility index (Phi) is 2.51. The minimum atomic E-state index is -3.22. The number of nitrogens with zero attached hydrogens (tertiary/aromatic N) is 1. The van der Waals surface area contributed by atoms with Crippen LogP contribution in [-0.2, 0) is 19.4 Å². The standard InChI is InChI=1S/C11H14N2O5S/c14-8-11(3-4-11)9(15)13(10(16)12-8)7-2-1-5-19(17,18)6-7/h7H,1-6H2,(H,12,14,16). The summed E-state index contributed by atoms with van der Waals surface area (Å²) in [6.07, 6.45) is 1.77. The largest absolute Gasteiger partial charge is 0.331 e. The van der Waals surface area contributed by atoms with Crippen LogP contribution in [0.25, 0.3) is 0 Å². The van der Waals surface area contributed by atoms with E-state index in [1.165, 1.54) is 0 Å². The smallest absolute Gasteiger partial charge is 0.277 e. The van der Waals surface area contributed by atoms with Gasteiger partial charge in [0, 0.05) is 0 Å². The van der Waals surface area contributed by atoms with Crippen LogP contribution in [0.1, 0.15) is 25.7 Å². The summed E-state index contributed by atoms with van der Waals surface area (Å²) in [5, 5.41) is 2.17. The van der Waals surface area contributed by atoms with Crippen LogP contribution in [0.2, 0.25) is 0 Å². The van der Waals surface area contributed by atoms with Gasteiger partial charge in [-0.25, -0.2) is 13.2 Å². The van der Waals surface area contributed by atoms with Gasteiger partial charge in [0.25, 0.3) is 0 Å². The Balaban J connectivity index is 1.89. The Morgan fingerprint density at radius 3 is 2.47 bits per heavy atom. The van der Waals surface area contributed by atoms with E-state index in [1.807, 2.05) is 0 Å². The molecule has 0 aromatic rings. The molecule has 3 rings (SSSR count). The van der Waals surface area contributed by atoms with Gasteiger partial charge < -0.3 is 0 Å². The third-order valence-corrected chi connectivity index (χ3v) is 5.86. The van der Waals surface area contributed by atoms with E-state index in [9.17, 15) is 22.8 Å². The molecule has 19 heavy (non-hydrogen) atoms. The topological polar surface area (TPSA) is 101 Å². The first-order valence-corrected chi connectivity index (χ1v) is 8.07. The molecule has 4 amide bonds. The van der Waals surface area contributed by atoms with E-state index in [-0.39, 0.29) is 11.5 Å². The van der Waals surface area contributed by atoms with Crippen LogP contribution in [-0.4, -0.2) is 48.7 Å². The molecular formula is C11H14N2O5S. The van der Waals surface area contributed by atoms with Gasteiger partial charge in [-0.15, -0.1) is 0 Å². The van der Waals surface area contributed by atoms with Gasteiger partial charge in [0.2, 0.25) is 11.8 Å². The molecule has 2 saturated heterocycles. The molecule has 3 aliphatic rings. The summed E-state index contributed by atoms with van der Waals surface area (Å²) in [5.74, 6) is -1.17. The highest BCUT2D eigenvalue weighted by Crippen LogP contribution is 2.49. The summed E-state index contributed by atoms with van der Waals surface area (Å²) in [6, 6.07) is -1.42. The molecular weight excluding hydrogens is 272 g/mol. The second kappa shape index (κ2) is 3.78. The lowest BCUT2D eigenvalue weighted by atomic mass is 9.99. The maximum Gasteiger partial charge on any atom is 0.331 e. The number of amides is 4. The number of sulfone groups is 1. The van der Waals surface area contributed by atoms with E-state index in [0.717, 1.165) is 4.90 Å². The average molecular weight is 286 g/mol. The van der Waals surface area contributed by atoms with Crippen molar-refractivity contribution >= 4 is 27.7 Å². The van der Waals surface area contributed by atoms with E-state index in [1.54, 1.807) is 0 Å². The molecule has 0 aromatic heterocycles. The van der Waals surface area contributed by atoms with Crippen LogP contribution in [0.3, 0.4) is 0 Å². The first kappa shape index (κ1) is 12.6. The molecule has 1 spiro atoms. The number of hydrogen-bond donors (Lipinski definition) is 1. The van der Waals surface area contributed by atoms with Crippen LogP contribution in [0, 0.1) is 5.41 Å². The van der Waals surface area contributed by atoms with Crippen molar-refractivity contribution in [2.24, 2.45) is 5.41 Å². The minimum absolute atomic E-state index is 0.0945. The van der Waals surface area contributed by atoms with Gasteiger partial charge in [0.1, 0.15) is 5.41 Å². The predicted molar refractivity (Wildman–Crippen MR) is 63.7 cm³/mol. The van der Waals surface area contributed by atoms with Crippen molar-refractivity contribution in [3.8, 4) is 0 Å². The lowest BCUT2D eigenvalue weighted by molar-refractivity contribution is -0.145. The fourth-order valence-electron chi connectivity index (χ4n) is 2.80. The number of barbiturate groups is 1. The van der Waals surface area contributed by atoms with E-state index >= 15 is 0 Å². The minimum Gasteiger partial charge on any atom is -0.277 e. The third kappa shape index (κ3) is 1.85. The Morgan fingerprint density at radius 2 is 1.89 bits per heavy atom. The second-order valence-electron chi connectivity index (χ2n) is 5.43. The summed E-state index contributed by atoms with van der Waals surface area (Å²) < 4.78 is 23.2. The van der Waals surface area contributed by atoms with Gasteiger partial charge in [0.05, 0.1) is 17.5 Å². The summed E-state index contributed by atoms with van der Waals surface area (Å²) >= 11 is 0. The van der Waals surface area contributed by atoms with Crippen LogP contribution >= 0.6 is 0 Å². The highest BCUT2D eigenvalue weighted by Gasteiger charge is 2.63. The van der Waals surface area contributed by atoms with Crippen molar-refractivity contribution < 1.29 is 22.8 Å². The summed E-state index contributed by atoms with van der Waals surface area (Å²) in [7, 11) is -3.22. The first-order chi connectivity index (χ1) is 8.86. The zero-order valence-electron chi connectivity index (χ0n) is 10.2. The van der Waals surface area contributed by atoms with Crippen molar-refractivity contribution in [3.63, 3.8) is 0 Å². The number of rotatable bonds is 1. The van der Waals surface area contributed by atoms with E-state index in [0.29, 0.717) is 25.7 Å². The number of nitrogens with one attached hydrogen (secondary N) is 1. The van der Waals surface area contributed by atoms with Crippen molar-refractivity contribution in [2.75, 3.05) is 11.5 Å². The van der Waals surface area contributed by atoms with Crippen molar-refractivity contribution in [1.29, 1.82) is 0 Å². The van der Waals surface area contributed by atoms with Gasteiger partial charge >= 0.3 is 6.03 Å². The fraction of sp³-hybridized carbons (Fsp3) is 0.727. The monoisotopic (exact) mass is 286 g/mol. The lowest BCUT2D eigenvalue weighted by Gasteiger charge is -2.37. The number of urea groups is 1. The maximum atomic E-state index is 12.3. The summed E-state index contributed by atoms with van der Waals surface area (Å²) in [5.41, 5.74) is -1.10. The zero-order chi connectivity index (χ0) is 13.8. The molecule has 8 heteroatoms. The highest BCUT2D eigenvalue weighted by atomic mass is 32.2. The Bertz CT molecular complexity index is 578. The molecule has 7 nitrogen and oxygen atoms in total. The Hall–Kier alpha value is -1.44. The number of carbonyl (C=O) groups excluding carboxylic acids is 3. The van der Waals surface area contributed by atoms with Crippen molar-refractivity contribution in [1.82, 2.24) is 10.2 Å². The molecule has 0 aromatic carbocycles. The quantitative estimate of drug-likeness (QED) is 0.650. The normalized spacial score (nSPS) is 32.3. The first-order valence-electron chi connectivity index (χ1n) is 6.25. The molecule has 1 aliphatic carbocycles. The van der Waals surface area contributed by atoms with Gasteiger partial charge in [-0.1, -0.05) is 0 Å². The number of hydrogen-bond acceptors (Lipinski definition) is 5. The Labute approximate surface area is 110 Å². The van der Waals surface area contributed by atoms with Gasteiger partial charge in [0.15, 0.2) is 9.84 Å². The van der Waals surface area contributed by atoms with Crippen molar-refractivity contribution in [3.05, 3.63) is 0 Å². The van der Waals surface area contributed by atoms with E-state index < -0.39 is 39.1 Å². The molecule has 1 atom stereocenters. The molecule has 0 bridgehead atoms. The average Bonchev–Trinajstić information content (AvgIpc) is 3.06. The van der Waals surface area contributed by atoms with E-state index in [2.05, 4.69) is 5.32 Å². The predicted octanol–water partition coefficient (Wildman–Crippen LogP) is -0.578. The lowest BCUT2D eigenvalue weighted by Crippen LogP contribution is -2.63. The van der Waals surface area contributed by atoms with Crippen molar-refractivity contribution in [2.45, 2.75) is 31.7 Å². The van der Waals surface area contributed by atoms with Gasteiger partial charge in [-0.2, -0.15) is 0 Å². The summed E-state index contributed by atoms with van der Waals surface area (Å²) in [4.78, 5) is 36.7. The molecule has 0 radical (unpaired) electrons. The Morgan fingerprint density at radius 1 is 1.21 bits per heavy atom. The SMILES string of the molecule is O=C1NC(=O)C2(CC2)C(=O)N1C1CCCS(=O)(=O)C1. The number of carbonyl (C=O) groups is 3. The second-order valence-corrected chi connectivity index (χ2v) is 7.66. The zero-order valence-corrected chi connectivity index (χ0v) is 11.0. The van der Waals surface area contributed by atoms with Crippen LogP contribution in [0.4, 0.5) is 4.79 Å². The molecule has 1 saturated carbocycles. The van der Waals surface area contributed by atoms with E-state index in [4.69, 9.17) is 0 Å². The maximum absolute atomic E-state index is 12.3. The van der Waals surface area contributed by atoms with Gasteiger partial charge in [-0.05, 0) is 25.7 Å². The third-order valence-electron chi connectivity index (χ3n) is 4.06. The van der Waals surface area contributed by atoms with Gasteiger partial charge in [-0.3, -0.25) is 19.8 Å². The highest BCUT2D eigenvalue weighted by molar-refractivity contribution is 7.91. The number of imide groups is 2. The molecule has 2 aliphatic heterocycles. The molecule has 1 N–H and O–H groups in total.